The van der Waals surface area contributed by atoms with Crippen LogP contribution in [0.5, 0.6) is 0 Å². The number of nitrogens with zero attached hydrogens (tertiary/aromatic N) is 1. The Hall–Kier alpha value is -1.78. The number of carbonyl (C=O) groups excluding carboxylic acids is 1. The lowest BCUT2D eigenvalue weighted by Crippen LogP contribution is -2.33. The molecule has 16 heavy (non-hydrogen) atoms. The zero-order valence-electron chi connectivity index (χ0n) is 8.87. The van der Waals surface area contributed by atoms with Gasteiger partial charge in [0.25, 0.3) is 0 Å². The Morgan fingerprint density at radius 1 is 1.44 bits per heavy atom. The molecule has 1 fully saturated rings. The highest BCUT2D eigenvalue weighted by Gasteiger charge is 2.16. The van der Waals surface area contributed by atoms with Crippen LogP contribution in [0.25, 0.3) is 0 Å². The third kappa shape index (κ3) is 2.24. The maximum atomic E-state index is 12.9. The van der Waals surface area contributed by atoms with Crippen LogP contribution in [0.4, 0.5) is 15.8 Å². The van der Waals surface area contributed by atoms with Crippen molar-refractivity contribution in [1.29, 1.82) is 0 Å². The van der Waals surface area contributed by atoms with Crippen molar-refractivity contribution in [1.82, 2.24) is 5.32 Å². The lowest BCUT2D eigenvalue weighted by atomic mass is 10.2. The number of hydrogen-bond donors (Lipinski definition) is 2. The molecule has 1 aliphatic heterocycles. The van der Waals surface area contributed by atoms with E-state index in [9.17, 15) is 9.18 Å². The number of nitrogen functional groups attached to an aromatic ring is 1. The average molecular weight is 223 g/mol. The van der Waals surface area contributed by atoms with E-state index in [1.165, 1.54) is 12.1 Å². The largest absolute Gasteiger partial charge is 0.397 e. The van der Waals surface area contributed by atoms with Crippen molar-refractivity contribution in [2.24, 2.45) is 0 Å². The minimum absolute atomic E-state index is 0.0266. The van der Waals surface area contributed by atoms with E-state index in [4.69, 9.17) is 5.73 Å². The molecule has 0 bridgehead atoms. The van der Waals surface area contributed by atoms with E-state index in [0.29, 0.717) is 12.2 Å². The van der Waals surface area contributed by atoms with Crippen LogP contribution in [0.15, 0.2) is 18.2 Å². The summed E-state index contributed by atoms with van der Waals surface area (Å²) in [7, 11) is 0. The summed E-state index contributed by atoms with van der Waals surface area (Å²) >= 11 is 0. The van der Waals surface area contributed by atoms with E-state index in [1.54, 1.807) is 6.07 Å². The molecule has 86 valence electrons. The standard InChI is InChI=1S/C11H14FN3O/c12-8-2-3-10(9(13)6-8)15-5-1-4-14-11(16)7-15/h2-3,6H,1,4-5,7,13H2,(H,14,16). The quantitative estimate of drug-likeness (QED) is 0.690. The van der Waals surface area contributed by atoms with Crippen LogP contribution in [0.2, 0.25) is 0 Å². The first-order valence-corrected chi connectivity index (χ1v) is 5.23. The molecule has 0 unspecified atom stereocenters. The maximum absolute atomic E-state index is 12.9. The molecule has 0 radical (unpaired) electrons. The highest BCUT2D eigenvalue weighted by Crippen LogP contribution is 2.24. The fourth-order valence-electron chi connectivity index (χ4n) is 1.83. The number of nitrogens with one attached hydrogen (secondary N) is 1. The van der Waals surface area contributed by atoms with Crippen molar-refractivity contribution in [3.8, 4) is 0 Å². The first kappa shape index (κ1) is 10.7. The average Bonchev–Trinajstić information content (AvgIpc) is 2.43. The molecule has 0 aromatic heterocycles. The molecule has 0 atom stereocenters. The molecule has 0 spiro atoms. The van der Waals surface area contributed by atoms with Crippen LogP contribution in [-0.4, -0.2) is 25.5 Å². The van der Waals surface area contributed by atoms with Gasteiger partial charge in [0, 0.05) is 13.1 Å². The van der Waals surface area contributed by atoms with Crippen molar-refractivity contribution >= 4 is 17.3 Å². The second kappa shape index (κ2) is 4.38. The topological polar surface area (TPSA) is 58.4 Å². The molecule has 1 heterocycles. The first-order chi connectivity index (χ1) is 7.66. The molecular formula is C11H14FN3O. The number of amides is 1. The van der Waals surface area contributed by atoms with Crippen LogP contribution in [0.1, 0.15) is 6.42 Å². The smallest absolute Gasteiger partial charge is 0.239 e. The third-order valence-electron chi connectivity index (χ3n) is 2.59. The molecule has 1 aliphatic rings. The third-order valence-corrected chi connectivity index (χ3v) is 2.59. The monoisotopic (exact) mass is 223 g/mol. The Morgan fingerprint density at radius 2 is 2.25 bits per heavy atom. The van der Waals surface area contributed by atoms with Crippen LogP contribution < -0.4 is 16.0 Å². The first-order valence-electron chi connectivity index (χ1n) is 5.23. The minimum atomic E-state index is -0.361. The molecule has 1 aromatic rings. The van der Waals surface area contributed by atoms with Crippen molar-refractivity contribution in [2.45, 2.75) is 6.42 Å². The van der Waals surface area contributed by atoms with Gasteiger partial charge in [-0.1, -0.05) is 0 Å². The summed E-state index contributed by atoms with van der Waals surface area (Å²) < 4.78 is 12.9. The predicted molar refractivity (Wildman–Crippen MR) is 60.7 cm³/mol. The number of halogens is 1. The molecule has 1 aromatic carbocycles. The Kier molecular flexibility index (Phi) is 2.94. The summed E-state index contributed by atoms with van der Waals surface area (Å²) in [5.41, 5.74) is 6.83. The lowest BCUT2D eigenvalue weighted by molar-refractivity contribution is -0.119. The van der Waals surface area contributed by atoms with Crippen LogP contribution in [0, 0.1) is 5.82 Å². The summed E-state index contributed by atoms with van der Waals surface area (Å²) in [6.07, 6.45) is 0.864. The van der Waals surface area contributed by atoms with Gasteiger partial charge in [-0.3, -0.25) is 4.79 Å². The van der Waals surface area contributed by atoms with Crippen molar-refractivity contribution in [3.05, 3.63) is 24.0 Å². The molecule has 0 aliphatic carbocycles. The van der Waals surface area contributed by atoms with Gasteiger partial charge in [-0.15, -0.1) is 0 Å². The van der Waals surface area contributed by atoms with Crippen LogP contribution in [0.3, 0.4) is 0 Å². The summed E-state index contributed by atoms with van der Waals surface area (Å²) in [6.45, 7) is 1.70. The van der Waals surface area contributed by atoms with Crippen molar-refractivity contribution in [2.75, 3.05) is 30.3 Å². The molecule has 4 nitrogen and oxygen atoms in total. The number of anilines is 2. The molecule has 1 saturated heterocycles. The van der Waals surface area contributed by atoms with E-state index >= 15 is 0 Å². The Bertz CT molecular complexity index is 408. The second-order valence-electron chi connectivity index (χ2n) is 3.83. The van der Waals surface area contributed by atoms with Crippen molar-refractivity contribution in [3.63, 3.8) is 0 Å². The van der Waals surface area contributed by atoms with Gasteiger partial charge in [-0.25, -0.2) is 4.39 Å². The minimum Gasteiger partial charge on any atom is -0.397 e. The van der Waals surface area contributed by atoms with E-state index in [1.807, 2.05) is 4.90 Å². The van der Waals surface area contributed by atoms with Gasteiger partial charge in [0.2, 0.25) is 5.91 Å². The molecule has 0 saturated carbocycles. The Labute approximate surface area is 93.2 Å². The molecular weight excluding hydrogens is 209 g/mol. The molecule has 3 N–H and O–H groups in total. The Balaban J connectivity index is 2.24. The Morgan fingerprint density at radius 3 is 3.00 bits per heavy atom. The van der Waals surface area contributed by atoms with E-state index in [2.05, 4.69) is 5.32 Å². The van der Waals surface area contributed by atoms with Gasteiger partial charge in [-0.2, -0.15) is 0 Å². The summed E-state index contributed by atoms with van der Waals surface area (Å²) in [6, 6.07) is 4.25. The zero-order valence-corrected chi connectivity index (χ0v) is 8.87. The molecule has 1 amide bonds. The van der Waals surface area contributed by atoms with E-state index in [0.717, 1.165) is 18.7 Å². The van der Waals surface area contributed by atoms with Gasteiger partial charge in [0.15, 0.2) is 0 Å². The van der Waals surface area contributed by atoms with Gasteiger partial charge in [0.1, 0.15) is 5.82 Å². The predicted octanol–water partition coefficient (Wildman–Crippen LogP) is 0.734. The van der Waals surface area contributed by atoms with E-state index < -0.39 is 0 Å². The number of hydrogen-bond acceptors (Lipinski definition) is 3. The number of carbonyl (C=O) groups is 1. The molecule has 2 rings (SSSR count). The van der Waals surface area contributed by atoms with Gasteiger partial charge < -0.3 is 16.0 Å². The second-order valence-corrected chi connectivity index (χ2v) is 3.83. The fraction of sp³-hybridized carbons (Fsp3) is 0.364. The van der Waals surface area contributed by atoms with Crippen LogP contribution >= 0.6 is 0 Å². The normalized spacial score (nSPS) is 16.8. The fourth-order valence-corrected chi connectivity index (χ4v) is 1.83. The highest BCUT2D eigenvalue weighted by molar-refractivity contribution is 5.83. The summed E-state index contributed by atoms with van der Waals surface area (Å²) in [4.78, 5) is 13.2. The lowest BCUT2D eigenvalue weighted by Gasteiger charge is -2.22. The highest BCUT2D eigenvalue weighted by atomic mass is 19.1. The summed E-state index contributed by atoms with van der Waals surface area (Å²) in [5.74, 6) is -0.387. The number of rotatable bonds is 1. The SMILES string of the molecule is Nc1cc(F)ccc1N1CCCNC(=O)C1. The van der Waals surface area contributed by atoms with Crippen LogP contribution in [-0.2, 0) is 4.79 Å². The van der Waals surface area contributed by atoms with Crippen molar-refractivity contribution < 1.29 is 9.18 Å². The number of nitrogens with two attached hydrogens (primary N) is 1. The van der Waals surface area contributed by atoms with Gasteiger partial charge in [0.05, 0.1) is 17.9 Å². The molecule has 5 heteroatoms. The maximum Gasteiger partial charge on any atom is 0.239 e. The van der Waals surface area contributed by atoms with Gasteiger partial charge in [-0.05, 0) is 24.6 Å². The summed E-state index contributed by atoms with van der Waals surface area (Å²) in [5, 5.41) is 2.78. The van der Waals surface area contributed by atoms with Gasteiger partial charge >= 0.3 is 0 Å². The number of benzene rings is 1. The zero-order chi connectivity index (χ0) is 11.5. The van der Waals surface area contributed by atoms with E-state index in [-0.39, 0.29) is 18.3 Å².